The smallest absolute Gasteiger partial charge is 0.0998 e. The lowest BCUT2D eigenvalue weighted by Gasteiger charge is -2.09. The quantitative estimate of drug-likeness (QED) is 0.601. The van der Waals surface area contributed by atoms with Crippen LogP contribution in [0.3, 0.4) is 0 Å². The van der Waals surface area contributed by atoms with E-state index in [0.29, 0.717) is 5.56 Å². The van der Waals surface area contributed by atoms with Gasteiger partial charge in [0, 0.05) is 0 Å². The number of nitriles is 1. The fraction of sp³-hybridized carbons (Fsp3) is 0.250. The first-order chi connectivity index (χ1) is 10.0. The van der Waals surface area contributed by atoms with Crippen molar-refractivity contribution in [2.75, 3.05) is 0 Å². The van der Waals surface area contributed by atoms with Crippen LogP contribution < -0.4 is 0 Å². The molecule has 0 aliphatic heterocycles. The van der Waals surface area contributed by atoms with Crippen molar-refractivity contribution in [1.82, 2.24) is 0 Å². The highest BCUT2D eigenvalue weighted by Crippen LogP contribution is 2.23. The van der Waals surface area contributed by atoms with Crippen LogP contribution >= 0.6 is 0 Å². The van der Waals surface area contributed by atoms with E-state index in [1.165, 1.54) is 0 Å². The second-order valence-corrected chi connectivity index (χ2v) is 5.22. The van der Waals surface area contributed by atoms with Crippen molar-refractivity contribution < 1.29 is 0 Å². The van der Waals surface area contributed by atoms with Gasteiger partial charge in [-0.1, -0.05) is 62.4 Å². The molecule has 0 saturated carbocycles. The zero-order valence-electron chi connectivity index (χ0n) is 13.2. The van der Waals surface area contributed by atoms with Gasteiger partial charge in [-0.15, -0.1) is 0 Å². The number of hydrogen-bond acceptors (Lipinski definition) is 1. The molecular formula is C20H23N. The molecule has 0 atom stereocenters. The first kappa shape index (κ1) is 16.7. The molecule has 0 saturated heterocycles. The third-order valence-corrected chi connectivity index (χ3v) is 3.36. The third kappa shape index (κ3) is 4.61. The summed E-state index contributed by atoms with van der Waals surface area (Å²) in [6, 6.07) is 9.88. The van der Waals surface area contributed by atoms with Crippen molar-refractivity contribution in [2.45, 2.75) is 33.6 Å². The van der Waals surface area contributed by atoms with Crippen LogP contribution in [0.4, 0.5) is 0 Å². The summed E-state index contributed by atoms with van der Waals surface area (Å²) >= 11 is 0. The Morgan fingerprint density at radius 3 is 2.43 bits per heavy atom. The van der Waals surface area contributed by atoms with Crippen molar-refractivity contribution in [3.05, 3.63) is 77.4 Å². The second-order valence-electron chi connectivity index (χ2n) is 5.22. The zero-order valence-corrected chi connectivity index (χ0v) is 13.2. The minimum Gasteiger partial charge on any atom is -0.192 e. The lowest BCUT2D eigenvalue weighted by Crippen LogP contribution is -1.90. The van der Waals surface area contributed by atoms with Gasteiger partial charge in [0.2, 0.25) is 0 Å². The molecule has 0 amide bonds. The molecule has 108 valence electrons. The second kappa shape index (κ2) is 8.07. The first-order valence-electron chi connectivity index (χ1n) is 7.23. The molecule has 1 aromatic carbocycles. The topological polar surface area (TPSA) is 23.8 Å². The molecular weight excluding hydrogens is 254 g/mol. The summed E-state index contributed by atoms with van der Waals surface area (Å²) in [6.07, 6.45) is 6.15. The molecule has 1 rings (SSSR count). The Balaban J connectivity index is 3.15. The molecule has 0 aromatic heterocycles. The summed E-state index contributed by atoms with van der Waals surface area (Å²) in [5.41, 5.74) is 5.97. The summed E-state index contributed by atoms with van der Waals surface area (Å²) in [5.74, 6) is 0. The summed E-state index contributed by atoms with van der Waals surface area (Å²) in [6.45, 7) is 14.3. The summed E-state index contributed by atoms with van der Waals surface area (Å²) in [4.78, 5) is 0. The van der Waals surface area contributed by atoms with Crippen LogP contribution in [-0.4, -0.2) is 0 Å². The highest BCUT2D eigenvalue weighted by molar-refractivity contribution is 5.70. The van der Waals surface area contributed by atoms with E-state index in [1.54, 1.807) is 0 Å². The third-order valence-electron chi connectivity index (χ3n) is 3.36. The van der Waals surface area contributed by atoms with E-state index in [-0.39, 0.29) is 0 Å². The lowest BCUT2D eigenvalue weighted by molar-refractivity contribution is 0.917. The molecule has 1 nitrogen and oxygen atoms in total. The predicted octanol–water partition coefficient (Wildman–Crippen LogP) is 5.82. The van der Waals surface area contributed by atoms with Crippen molar-refractivity contribution >= 4 is 5.57 Å². The summed E-state index contributed by atoms with van der Waals surface area (Å²) in [7, 11) is 0. The van der Waals surface area contributed by atoms with E-state index in [4.69, 9.17) is 0 Å². The molecule has 21 heavy (non-hydrogen) atoms. The van der Waals surface area contributed by atoms with Crippen LogP contribution in [0, 0.1) is 11.3 Å². The largest absolute Gasteiger partial charge is 0.192 e. The highest BCUT2D eigenvalue weighted by atomic mass is 14.2. The standard InChI is InChI=1S/C20H23N/c1-6-9-16(4)19(15(2)3)13-12-17(5)20-11-8-7-10-18(20)14-21/h7-8,10-13H,2,4,6,9H2,1,3,5H3/b17-12+,19-13+. The molecule has 0 bridgehead atoms. The van der Waals surface area contributed by atoms with Gasteiger partial charge in [0.05, 0.1) is 11.6 Å². The molecule has 1 aromatic rings. The van der Waals surface area contributed by atoms with E-state index in [1.807, 2.05) is 44.2 Å². The minimum atomic E-state index is 0.698. The molecule has 0 aliphatic rings. The number of allylic oxidation sites excluding steroid dienone is 6. The average Bonchev–Trinajstić information content (AvgIpc) is 2.47. The van der Waals surface area contributed by atoms with Crippen LogP contribution in [0.1, 0.15) is 44.7 Å². The normalized spacial score (nSPS) is 11.9. The summed E-state index contributed by atoms with van der Waals surface area (Å²) in [5, 5.41) is 9.17. The van der Waals surface area contributed by atoms with Crippen LogP contribution in [-0.2, 0) is 0 Å². The Kier molecular flexibility index (Phi) is 6.43. The van der Waals surface area contributed by atoms with Gasteiger partial charge in [-0.2, -0.15) is 5.26 Å². The van der Waals surface area contributed by atoms with E-state index in [0.717, 1.165) is 40.7 Å². The molecule has 0 radical (unpaired) electrons. The molecule has 0 unspecified atom stereocenters. The maximum atomic E-state index is 9.17. The van der Waals surface area contributed by atoms with Gasteiger partial charge in [0.15, 0.2) is 0 Å². The fourth-order valence-corrected chi connectivity index (χ4v) is 2.22. The lowest BCUT2D eigenvalue weighted by atomic mass is 9.95. The van der Waals surface area contributed by atoms with Gasteiger partial charge >= 0.3 is 0 Å². The van der Waals surface area contributed by atoms with E-state index in [9.17, 15) is 5.26 Å². The van der Waals surface area contributed by atoms with E-state index in [2.05, 4.69) is 32.2 Å². The van der Waals surface area contributed by atoms with E-state index >= 15 is 0 Å². The molecule has 0 heterocycles. The van der Waals surface area contributed by atoms with Gasteiger partial charge in [-0.25, -0.2) is 0 Å². The Hall–Kier alpha value is -2.33. The van der Waals surface area contributed by atoms with Gasteiger partial charge < -0.3 is 0 Å². The van der Waals surface area contributed by atoms with Crippen LogP contribution in [0.5, 0.6) is 0 Å². The maximum Gasteiger partial charge on any atom is 0.0998 e. The van der Waals surface area contributed by atoms with Crippen LogP contribution in [0.2, 0.25) is 0 Å². The highest BCUT2D eigenvalue weighted by Gasteiger charge is 2.04. The SMILES string of the molecule is C=C(C)/C(=C\C=C(/C)c1ccccc1C#N)C(=C)CCC. The first-order valence-corrected chi connectivity index (χ1v) is 7.23. The number of rotatable bonds is 6. The molecule has 0 fully saturated rings. The van der Waals surface area contributed by atoms with Gasteiger partial charge in [0.1, 0.15) is 0 Å². The monoisotopic (exact) mass is 277 g/mol. The number of hydrogen-bond donors (Lipinski definition) is 0. The van der Waals surface area contributed by atoms with Crippen molar-refractivity contribution in [2.24, 2.45) is 0 Å². The summed E-state index contributed by atoms with van der Waals surface area (Å²) < 4.78 is 0. The molecule has 0 N–H and O–H groups in total. The average molecular weight is 277 g/mol. The number of benzene rings is 1. The Morgan fingerprint density at radius 2 is 1.86 bits per heavy atom. The van der Waals surface area contributed by atoms with Crippen LogP contribution in [0.15, 0.2) is 66.3 Å². The molecule has 0 aliphatic carbocycles. The van der Waals surface area contributed by atoms with Gasteiger partial charge in [-0.05, 0) is 48.6 Å². The van der Waals surface area contributed by atoms with Crippen molar-refractivity contribution in [3.63, 3.8) is 0 Å². The molecule has 0 spiro atoms. The minimum absolute atomic E-state index is 0.698. The van der Waals surface area contributed by atoms with Gasteiger partial charge in [-0.3, -0.25) is 0 Å². The number of nitrogens with zero attached hydrogens (tertiary/aromatic N) is 1. The Morgan fingerprint density at radius 1 is 1.19 bits per heavy atom. The van der Waals surface area contributed by atoms with Crippen LogP contribution in [0.25, 0.3) is 5.57 Å². The Bertz CT molecular complexity index is 636. The fourth-order valence-electron chi connectivity index (χ4n) is 2.22. The van der Waals surface area contributed by atoms with Crippen molar-refractivity contribution in [3.8, 4) is 6.07 Å². The molecule has 1 heteroatoms. The maximum absolute atomic E-state index is 9.17. The van der Waals surface area contributed by atoms with Crippen molar-refractivity contribution in [1.29, 1.82) is 5.26 Å². The van der Waals surface area contributed by atoms with E-state index < -0.39 is 0 Å². The predicted molar refractivity (Wildman–Crippen MR) is 91.8 cm³/mol. The Labute approximate surface area is 128 Å². The van der Waals surface area contributed by atoms with Gasteiger partial charge in [0.25, 0.3) is 0 Å². The zero-order chi connectivity index (χ0) is 15.8.